The molecular formula is C21H25FN4O4S. The number of anilines is 2. The molecule has 0 spiro atoms. The second-order valence-corrected chi connectivity index (χ2v) is 9.28. The molecule has 0 bridgehead atoms. The molecule has 0 aromatic heterocycles. The zero-order valence-corrected chi connectivity index (χ0v) is 18.0. The Balaban J connectivity index is 1.53. The second kappa shape index (κ2) is 9.88. The average molecular weight is 449 g/mol. The Morgan fingerprint density at radius 2 is 1.71 bits per heavy atom. The molecule has 1 fully saturated rings. The molecule has 31 heavy (non-hydrogen) atoms. The summed E-state index contributed by atoms with van der Waals surface area (Å²) in [5.74, 6) is -1.11. The fourth-order valence-electron chi connectivity index (χ4n) is 3.27. The summed E-state index contributed by atoms with van der Waals surface area (Å²) in [5, 5.41) is 5.49. The van der Waals surface area contributed by atoms with Gasteiger partial charge in [-0.25, -0.2) is 12.8 Å². The summed E-state index contributed by atoms with van der Waals surface area (Å²) in [6, 6.07) is 13.3. The first kappa shape index (κ1) is 22.7. The standard InChI is InChI=1S/C21H25FN4O4S/c1-31(29,30)26-11-9-25(10-12-26)21(28)15-23-17-7-8-18(22)19(14-17)24-20(27)13-16-5-3-2-4-6-16/h2-8,14,23H,9-13,15H2,1H3,(H,24,27). The van der Waals surface area contributed by atoms with E-state index in [1.54, 1.807) is 4.90 Å². The number of sulfonamides is 1. The Kier molecular flexibility index (Phi) is 7.24. The third kappa shape index (κ3) is 6.50. The van der Waals surface area contributed by atoms with Gasteiger partial charge in [0.05, 0.1) is 24.9 Å². The summed E-state index contributed by atoms with van der Waals surface area (Å²) in [5.41, 5.74) is 1.33. The molecule has 166 valence electrons. The van der Waals surface area contributed by atoms with Gasteiger partial charge in [0.1, 0.15) is 5.82 Å². The second-order valence-electron chi connectivity index (χ2n) is 7.30. The third-order valence-corrected chi connectivity index (χ3v) is 6.26. The van der Waals surface area contributed by atoms with E-state index in [-0.39, 0.29) is 43.6 Å². The van der Waals surface area contributed by atoms with Crippen LogP contribution in [0.2, 0.25) is 0 Å². The van der Waals surface area contributed by atoms with Crippen LogP contribution in [-0.2, 0) is 26.0 Å². The van der Waals surface area contributed by atoms with Gasteiger partial charge in [-0.05, 0) is 23.8 Å². The van der Waals surface area contributed by atoms with Gasteiger partial charge in [-0.15, -0.1) is 0 Å². The van der Waals surface area contributed by atoms with E-state index in [1.807, 2.05) is 30.3 Å². The van der Waals surface area contributed by atoms with E-state index in [4.69, 9.17) is 0 Å². The minimum atomic E-state index is -3.26. The van der Waals surface area contributed by atoms with Crippen LogP contribution in [0.25, 0.3) is 0 Å². The van der Waals surface area contributed by atoms with Gasteiger partial charge in [0.15, 0.2) is 0 Å². The highest BCUT2D eigenvalue weighted by Crippen LogP contribution is 2.20. The van der Waals surface area contributed by atoms with Crippen molar-refractivity contribution >= 4 is 33.2 Å². The van der Waals surface area contributed by atoms with Crippen molar-refractivity contribution in [1.82, 2.24) is 9.21 Å². The van der Waals surface area contributed by atoms with Crippen molar-refractivity contribution in [3.8, 4) is 0 Å². The maximum Gasteiger partial charge on any atom is 0.241 e. The number of halogens is 1. The van der Waals surface area contributed by atoms with E-state index in [1.165, 1.54) is 22.5 Å². The zero-order valence-electron chi connectivity index (χ0n) is 17.2. The Hall–Kier alpha value is -2.98. The number of hydrogen-bond acceptors (Lipinski definition) is 5. The van der Waals surface area contributed by atoms with Gasteiger partial charge in [-0.1, -0.05) is 30.3 Å². The molecule has 0 unspecified atom stereocenters. The van der Waals surface area contributed by atoms with E-state index in [9.17, 15) is 22.4 Å². The van der Waals surface area contributed by atoms with Crippen molar-refractivity contribution in [3.05, 3.63) is 59.9 Å². The largest absolute Gasteiger partial charge is 0.376 e. The smallest absolute Gasteiger partial charge is 0.241 e. The molecular weight excluding hydrogens is 423 g/mol. The van der Waals surface area contributed by atoms with Gasteiger partial charge in [-0.3, -0.25) is 9.59 Å². The Labute approximate surface area is 181 Å². The maximum atomic E-state index is 14.1. The molecule has 3 rings (SSSR count). The molecule has 2 N–H and O–H groups in total. The summed E-state index contributed by atoms with van der Waals surface area (Å²) in [4.78, 5) is 26.2. The average Bonchev–Trinajstić information content (AvgIpc) is 2.74. The molecule has 2 aromatic rings. The van der Waals surface area contributed by atoms with Gasteiger partial charge >= 0.3 is 0 Å². The molecule has 8 nitrogen and oxygen atoms in total. The predicted molar refractivity (Wildman–Crippen MR) is 117 cm³/mol. The van der Waals surface area contributed by atoms with Gasteiger partial charge in [0, 0.05) is 31.9 Å². The lowest BCUT2D eigenvalue weighted by Crippen LogP contribution is -2.51. The highest BCUT2D eigenvalue weighted by Gasteiger charge is 2.25. The van der Waals surface area contributed by atoms with Gasteiger partial charge < -0.3 is 15.5 Å². The lowest BCUT2D eigenvalue weighted by Gasteiger charge is -2.33. The molecule has 2 amide bonds. The van der Waals surface area contributed by atoms with Crippen LogP contribution in [0, 0.1) is 5.82 Å². The van der Waals surface area contributed by atoms with Crippen LogP contribution in [0.5, 0.6) is 0 Å². The van der Waals surface area contributed by atoms with Crippen molar-refractivity contribution in [3.63, 3.8) is 0 Å². The number of carbonyl (C=O) groups is 2. The Morgan fingerprint density at radius 3 is 2.35 bits per heavy atom. The van der Waals surface area contributed by atoms with Gasteiger partial charge in [0.2, 0.25) is 21.8 Å². The van der Waals surface area contributed by atoms with Crippen LogP contribution in [0.4, 0.5) is 15.8 Å². The normalized spacial score (nSPS) is 14.8. The highest BCUT2D eigenvalue weighted by molar-refractivity contribution is 7.88. The number of rotatable bonds is 7. The number of amides is 2. The van der Waals surface area contributed by atoms with E-state index in [0.717, 1.165) is 11.8 Å². The number of nitrogens with one attached hydrogen (secondary N) is 2. The van der Waals surface area contributed by atoms with Gasteiger partial charge in [-0.2, -0.15) is 4.31 Å². The molecule has 0 aliphatic carbocycles. The van der Waals surface area contributed by atoms with E-state index in [2.05, 4.69) is 10.6 Å². The van der Waals surface area contributed by atoms with Crippen molar-refractivity contribution in [2.45, 2.75) is 6.42 Å². The molecule has 0 atom stereocenters. The first-order valence-corrected chi connectivity index (χ1v) is 11.7. The molecule has 0 radical (unpaired) electrons. The Bertz CT molecular complexity index is 1040. The lowest BCUT2D eigenvalue weighted by molar-refractivity contribution is -0.130. The summed E-state index contributed by atoms with van der Waals surface area (Å²) in [7, 11) is -3.26. The minimum Gasteiger partial charge on any atom is -0.376 e. The molecule has 10 heteroatoms. The summed E-state index contributed by atoms with van der Waals surface area (Å²) in [6.45, 7) is 1.13. The highest BCUT2D eigenvalue weighted by atomic mass is 32.2. The van der Waals surface area contributed by atoms with Crippen molar-refractivity contribution < 1.29 is 22.4 Å². The van der Waals surface area contributed by atoms with Crippen LogP contribution < -0.4 is 10.6 Å². The van der Waals surface area contributed by atoms with Crippen LogP contribution >= 0.6 is 0 Å². The molecule has 1 aliphatic rings. The van der Waals surface area contributed by atoms with Crippen LogP contribution in [0.15, 0.2) is 48.5 Å². The molecule has 1 heterocycles. The fraction of sp³-hybridized carbons (Fsp3) is 0.333. The van der Waals surface area contributed by atoms with Crippen molar-refractivity contribution in [1.29, 1.82) is 0 Å². The van der Waals surface area contributed by atoms with Crippen molar-refractivity contribution in [2.24, 2.45) is 0 Å². The Morgan fingerprint density at radius 1 is 1.03 bits per heavy atom. The topological polar surface area (TPSA) is 98.8 Å². The third-order valence-electron chi connectivity index (χ3n) is 4.95. The first-order valence-electron chi connectivity index (χ1n) is 9.82. The van der Waals surface area contributed by atoms with Crippen LogP contribution in [0.1, 0.15) is 5.56 Å². The van der Waals surface area contributed by atoms with E-state index in [0.29, 0.717) is 18.8 Å². The van der Waals surface area contributed by atoms with Crippen LogP contribution in [0.3, 0.4) is 0 Å². The maximum absolute atomic E-state index is 14.1. The van der Waals surface area contributed by atoms with E-state index < -0.39 is 15.8 Å². The summed E-state index contributed by atoms with van der Waals surface area (Å²) in [6.07, 6.45) is 1.27. The number of carbonyl (C=O) groups excluding carboxylic acids is 2. The van der Waals surface area contributed by atoms with Gasteiger partial charge in [0.25, 0.3) is 0 Å². The van der Waals surface area contributed by atoms with Crippen molar-refractivity contribution in [2.75, 3.05) is 49.6 Å². The number of benzene rings is 2. The number of nitrogens with zero attached hydrogens (tertiary/aromatic N) is 2. The summed E-state index contributed by atoms with van der Waals surface area (Å²) >= 11 is 0. The van der Waals surface area contributed by atoms with E-state index >= 15 is 0 Å². The first-order chi connectivity index (χ1) is 14.7. The monoisotopic (exact) mass is 448 g/mol. The predicted octanol–water partition coefficient (Wildman–Crippen LogP) is 1.52. The lowest BCUT2D eigenvalue weighted by atomic mass is 10.1. The number of hydrogen-bond donors (Lipinski definition) is 2. The zero-order chi connectivity index (χ0) is 22.4. The molecule has 1 saturated heterocycles. The fourth-order valence-corrected chi connectivity index (χ4v) is 4.09. The minimum absolute atomic E-state index is 0.0259. The molecule has 1 aliphatic heterocycles. The molecule has 2 aromatic carbocycles. The molecule has 0 saturated carbocycles. The SMILES string of the molecule is CS(=O)(=O)N1CCN(C(=O)CNc2ccc(F)c(NC(=O)Cc3ccccc3)c2)CC1. The quantitative estimate of drug-likeness (QED) is 0.669. The number of piperazine rings is 1. The summed E-state index contributed by atoms with van der Waals surface area (Å²) < 4.78 is 38.6. The van der Waals surface area contributed by atoms with Crippen LogP contribution in [-0.4, -0.2) is 68.4 Å².